The van der Waals surface area contributed by atoms with E-state index in [9.17, 15) is 0 Å². The van der Waals surface area contributed by atoms with Gasteiger partial charge in [0.2, 0.25) is 0 Å². The minimum Gasteiger partial charge on any atom is -0.505 e. The molecule has 0 atom stereocenters. The maximum atomic E-state index is 5.80. The summed E-state index contributed by atoms with van der Waals surface area (Å²) in [5, 5.41) is 0. The Morgan fingerprint density at radius 2 is 1.38 bits per heavy atom. The Kier molecular flexibility index (Phi) is 9.86. The summed E-state index contributed by atoms with van der Waals surface area (Å²) in [6, 6.07) is 40.1. The molecule has 5 aromatic rings. The second kappa shape index (κ2) is 12.8. The van der Waals surface area contributed by atoms with Crippen LogP contribution >= 0.6 is 0 Å². The number of hydrogen-bond donors (Lipinski definition) is 0. The Hall–Kier alpha value is -2.49. The molecule has 0 fully saturated rings. The van der Waals surface area contributed by atoms with Crippen LogP contribution in [0, 0.1) is 24.3 Å². The van der Waals surface area contributed by atoms with E-state index < -0.39 is 0 Å². The molecule has 3 heterocycles. The van der Waals surface area contributed by atoms with Gasteiger partial charge in [0, 0.05) is 71.8 Å². The van der Waals surface area contributed by atoms with Gasteiger partial charge >= 0.3 is 0 Å². The summed E-state index contributed by atoms with van der Waals surface area (Å²) in [7, 11) is 0. The van der Waals surface area contributed by atoms with Crippen LogP contribution in [-0.4, -0.2) is 9.97 Å². The Labute approximate surface area is 238 Å². The van der Waals surface area contributed by atoms with Crippen molar-refractivity contribution in [3.63, 3.8) is 0 Å². The van der Waals surface area contributed by atoms with Crippen molar-refractivity contribution in [3.05, 3.63) is 127 Å². The Bertz CT molecular complexity index is 1260. The van der Waals surface area contributed by atoms with E-state index in [-0.39, 0.29) is 52.8 Å². The molecule has 0 amide bonds. The molecule has 0 saturated carbocycles. The van der Waals surface area contributed by atoms with Gasteiger partial charge in [0.1, 0.15) is 5.75 Å². The quantitative estimate of drug-likeness (QED) is 0.206. The van der Waals surface area contributed by atoms with Crippen LogP contribution in [0.15, 0.2) is 97.3 Å². The molecule has 0 aliphatic carbocycles. The minimum absolute atomic E-state index is 0. The molecule has 0 bridgehead atoms. The number of fused-ring (bicyclic) bond motifs is 3. The van der Waals surface area contributed by atoms with Gasteiger partial charge in [-0.05, 0) is 23.9 Å². The molecule has 0 spiro atoms. The molecule has 3 nitrogen and oxygen atoms in total. The van der Waals surface area contributed by atoms with Crippen molar-refractivity contribution in [1.29, 1.82) is 0 Å². The Balaban J connectivity index is 0.000000201. The first kappa shape index (κ1) is 26.1. The largest absolute Gasteiger partial charge is 0.505 e. The van der Waals surface area contributed by atoms with Gasteiger partial charge in [-0.25, -0.2) is 17.7 Å². The average Bonchev–Trinajstić information content (AvgIpc) is 2.90. The summed E-state index contributed by atoms with van der Waals surface area (Å²) in [6.45, 7) is 0.514. The minimum atomic E-state index is 0. The molecule has 0 N–H and O–H groups in total. The number of rotatable bonds is 2. The van der Waals surface area contributed by atoms with Gasteiger partial charge in [0.05, 0.1) is 5.69 Å². The summed E-state index contributed by atoms with van der Waals surface area (Å²) >= 11 is 0. The number of pyridine rings is 2. The Morgan fingerprint density at radius 1 is 0.676 bits per heavy atom. The maximum absolute atomic E-state index is 5.80. The SMILES string of the molecule is [Ir].[Y].[c-]1ccccc1-c1[c-]c[c-]c2c1COc1cccnc1-2.[c-]1ccccc1-c1ccccn1. The fraction of sp³-hybridized carbons (Fsp3) is 0.0345. The molecular weight excluding hydrogens is 673 g/mol. The zero-order chi connectivity index (χ0) is 21.6. The molecule has 1 aliphatic rings. The van der Waals surface area contributed by atoms with Crippen LogP contribution in [0.1, 0.15) is 5.56 Å². The first-order valence-electron chi connectivity index (χ1n) is 10.3. The van der Waals surface area contributed by atoms with E-state index in [4.69, 9.17) is 4.74 Å². The third-order valence-corrected chi connectivity index (χ3v) is 5.04. The van der Waals surface area contributed by atoms with E-state index in [1.807, 2.05) is 84.9 Å². The second-order valence-electron chi connectivity index (χ2n) is 7.07. The van der Waals surface area contributed by atoms with E-state index in [0.29, 0.717) is 6.61 Å². The zero-order valence-electron chi connectivity index (χ0n) is 18.2. The normalized spacial score (nSPS) is 10.6. The molecular formula is C29H18IrN2OY-4. The first-order chi connectivity index (χ1) is 15.9. The summed E-state index contributed by atoms with van der Waals surface area (Å²) in [4.78, 5) is 8.63. The van der Waals surface area contributed by atoms with Gasteiger partial charge < -0.3 is 26.9 Å². The van der Waals surface area contributed by atoms with Crippen molar-refractivity contribution in [2.45, 2.75) is 6.61 Å². The molecule has 166 valence electrons. The molecule has 1 aliphatic heterocycles. The van der Waals surface area contributed by atoms with E-state index in [1.54, 1.807) is 12.4 Å². The van der Waals surface area contributed by atoms with Crippen LogP contribution in [0.3, 0.4) is 0 Å². The first-order valence-corrected chi connectivity index (χ1v) is 10.3. The average molecular weight is 692 g/mol. The van der Waals surface area contributed by atoms with Crippen molar-refractivity contribution >= 4 is 0 Å². The fourth-order valence-corrected chi connectivity index (χ4v) is 3.54. The van der Waals surface area contributed by atoms with Gasteiger partial charge in [-0.15, -0.1) is 42.0 Å². The molecule has 2 radical (unpaired) electrons. The predicted molar refractivity (Wildman–Crippen MR) is 124 cm³/mol. The van der Waals surface area contributed by atoms with E-state index in [2.05, 4.69) is 34.2 Å². The third-order valence-electron chi connectivity index (χ3n) is 5.04. The van der Waals surface area contributed by atoms with E-state index in [1.165, 1.54) is 0 Å². The Morgan fingerprint density at radius 3 is 2.09 bits per heavy atom. The van der Waals surface area contributed by atoms with Crippen LogP contribution in [0.25, 0.3) is 33.6 Å². The molecule has 2 aromatic heterocycles. The summed E-state index contributed by atoms with van der Waals surface area (Å²) in [5.41, 5.74) is 6.95. The predicted octanol–water partition coefficient (Wildman–Crippen LogP) is 6.25. The summed E-state index contributed by atoms with van der Waals surface area (Å²) in [6.07, 6.45) is 3.56. The van der Waals surface area contributed by atoms with Gasteiger partial charge in [0.15, 0.2) is 0 Å². The molecule has 34 heavy (non-hydrogen) atoms. The standard InChI is InChI=1S/C18H10NO.C11H8N.Ir.Y/c1-2-6-13(7-3-1)14-8-4-9-15-16(14)12-20-17-10-5-11-19-18(15)17;1-2-6-10(7-3-1)11-8-4-5-9-12-11;;/h1-6,10-11H,12H2;1-6,8-9H;;/q-3;-1;;. The molecule has 5 heteroatoms. The van der Waals surface area contributed by atoms with Gasteiger partial charge in [-0.1, -0.05) is 12.1 Å². The van der Waals surface area contributed by atoms with Crippen molar-refractivity contribution in [2.24, 2.45) is 0 Å². The molecule has 6 rings (SSSR count). The number of ether oxygens (including phenoxy) is 1. The second-order valence-corrected chi connectivity index (χ2v) is 7.07. The topological polar surface area (TPSA) is 35.0 Å². The van der Waals surface area contributed by atoms with Gasteiger partial charge in [-0.2, -0.15) is 17.7 Å². The molecule has 0 unspecified atom stereocenters. The van der Waals surface area contributed by atoms with Gasteiger partial charge in [0.25, 0.3) is 0 Å². The summed E-state index contributed by atoms with van der Waals surface area (Å²) < 4.78 is 5.80. The smallest absolute Gasteiger partial charge is 0.140 e. The van der Waals surface area contributed by atoms with Crippen molar-refractivity contribution in [2.75, 3.05) is 0 Å². The van der Waals surface area contributed by atoms with Crippen LogP contribution in [0.2, 0.25) is 0 Å². The maximum Gasteiger partial charge on any atom is 0.140 e. The zero-order valence-corrected chi connectivity index (χ0v) is 23.4. The van der Waals surface area contributed by atoms with Crippen LogP contribution in [-0.2, 0) is 59.4 Å². The molecule has 3 aromatic carbocycles. The van der Waals surface area contributed by atoms with Crippen molar-refractivity contribution in [1.82, 2.24) is 9.97 Å². The van der Waals surface area contributed by atoms with Crippen LogP contribution < -0.4 is 4.74 Å². The van der Waals surface area contributed by atoms with Crippen LogP contribution in [0.5, 0.6) is 5.75 Å². The van der Waals surface area contributed by atoms with E-state index in [0.717, 1.165) is 45.0 Å². The fourth-order valence-electron chi connectivity index (χ4n) is 3.54. The number of nitrogens with zero attached hydrogens (tertiary/aromatic N) is 2. The monoisotopic (exact) mass is 692 g/mol. The number of benzene rings is 3. The van der Waals surface area contributed by atoms with Crippen LogP contribution in [0.4, 0.5) is 0 Å². The van der Waals surface area contributed by atoms with E-state index >= 15 is 0 Å². The molecule has 0 saturated heterocycles. The van der Waals surface area contributed by atoms with Crippen molar-refractivity contribution < 1.29 is 57.6 Å². The van der Waals surface area contributed by atoms with Crippen molar-refractivity contribution in [3.8, 4) is 39.4 Å². The van der Waals surface area contributed by atoms with Gasteiger partial charge in [-0.3, -0.25) is 17.1 Å². The number of aromatic nitrogens is 2. The summed E-state index contributed by atoms with van der Waals surface area (Å²) in [5.74, 6) is 0.811. The number of hydrogen-bond acceptors (Lipinski definition) is 3. The third kappa shape index (κ3) is 5.95.